The van der Waals surface area contributed by atoms with Gasteiger partial charge < -0.3 is 45.4 Å². The minimum absolute atomic E-state index is 0. The van der Waals surface area contributed by atoms with Crippen LogP contribution in [0.2, 0.25) is 0 Å². The third-order valence-electron chi connectivity index (χ3n) is 9.51. The van der Waals surface area contributed by atoms with Crippen molar-refractivity contribution in [3.05, 3.63) is 55.0 Å². The number of ether oxygens (including phenoxy) is 6. The second-order valence-corrected chi connectivity index (χ2v) is 12.3. The normalized spacial score (nSPS) is 38.4. The van der Waals surface area contributed by atoms with Gasteiger partial charge in [-0.15, -0.1) is 0 Å². The Bertz CT molecular complexity index is 1120. The van der Waals surface area contributed by atoms with Crippen molar-refractivity contribution in [2.24, 2.45) is 11.8 Å². The maximum absolute atomic E-state index is 11.8. The number of fused-ring (bicyclic) bond motifs is 6. The molecule has 4 heterocycles. The molecule has 10 nitrogen and oxygen atoms in total. The molecule has 45 heavy (non-hydrogen) atoms. The van der Waals surface area contributed by atoms with Crippen LogP contribution in [0.25, 0.3) is 0 Å². The van der Waals surface area contributed by atoms with E-state index >= 15 is 0 Å². The first-order valence-electron chi connectivity index (χ1n) is 14.6. The van der Waals surface area contributed by atoms with Crippen LogP contribution < -0.4 is 0 Å². The zero-order valence-electron chi connectivity index (χ0n) is 26.0. The SMILES string of the molecule is C=C1C(=O)O[C@H]2[C@H]1CC/C(CO[C-]=O)=C\CC[C@@]1(C)O[C@@H]21.C=C1C(=O)O[C@H]2[C@H]1CC/C(CO[C-]=O)=C\CC[C@@]1(C)O[C@@H]21.[CH3-].[W+2].[W]. The van der Waals surface area contributed by atoms with E-state index in [9.17, 15) is 19.2 Å². The summed E-state index contributed by atoms with van der Waals surface area (Å²) >= 11 is 0. The molecule has 246 valence electrons. The predicted octanol–water partition coefficient (Wildman–Crippen LogP) is 4.10. The largest absolute Gasteiger partial charge is 2.00 e. The van der Waals surface area contributed by atoms with Gasteiger partial charge >= 0.3 is 33.0 Å². The third kappa shape index (κ3) is 8.74. The van der Waals surface area contributed by atoms with Crippen LogP contribution >= 0.6 is 0 Å². The number of hydrogen-bond acceptors (Lipinski definition) is 10. The Morgan fingerprint density at radius 3 is 1.53 bits per heavy atom. The molecule has 0 unspecified atom stereocenters. The van der Waals surface area contributed by atoms with Gasteiger partial charge in [-0.1, -0.05) is 38.3 Å². The average molecular weight is 965 g/mol. The molecule has 8 atom stereocenters. The van der Waals surface area contributed by atoms with Crippen LogP contribution in [0.3, 0.4) is 0 Å². The molecular formula is C33H41O10W2-. The Hall–Kier alpha value is -1.86. The van der Waals surface area contributed by atoms with E-state index in [0.717, 1.165) is 62.5 Å². The average Bonchev–Trinajstić information content (AvgIpc) is 3.77. The summed E-state index contributed by atoms with van der Waals surface area (Å²) in [4.78, 5) is 44.1. The maximum Gasteiger partial charge on any atom is 2.00 e. The molecule has 0 aromatic carbocycles. The van der Waals surface area contributed by atoms with Crippen molar-refractivity contribution in [2.75, 3.05) is 13.2 Å². The summed E-state index contributed by atoms with van der Waals surface area (Å²) in [5, 5.41) is 0. The van der Waals surface area contributed by atoms with Crippen molar-refractivity contribution >= 4 is 24.9 Å². The first kappa shape index (κ1) is 39.3. The Labute approximate surface area is 294 Å². The van der Waals surface area contributed by atoms with Crippen LogP contribution in [0.5, 0.6) is 0 Å². The summed E-state index contributed by atoms with van der Waals surface area (Å²) in [5.74, 6) is -0.674. The van der Waals surface area contributed by atoms with Crippen LogP contribution in [-0.2, 0) is 89.7 Å². The second kappa shape index (κ2) is 16.3. The zero-order chi connectivity index (χ0) is 30.1. The Balaban J connectivity index is 0.000000294. The molecule has 0 radical (unpaired) electrons. The van der Waals surface area contributed by atoms with Crippen LogP contribution in [-0.4, -0.2) is 73.7 Å². The summed E-state index contributed by atoms with van der Waals surface area (Å²) < 4.78 is 32.1. The molecule has 0 amide bonds. The van der Waals surface area contributed by atoms with Gasteiger partial charge in [0.05, 0.1) is 24.4 Å². The van der Waals surface area contributed by atoms with Gasteiger partial charge in [0, 0.05) is 44.0 Å². The van der Waals surface area contributed by atoms with Crippen molar-refractivity contribution in [1.82, 2.24) is 0 Å². The van der Waals surface area contributed by atoms with Crippen molar-refractivity contribution in [1.29, 1.82) is 0 Å². The molecule has 0 bridgehead atoms. The molecule has 0 spiro atoms. The summed E-state index contributed by atoms with van der Waals surface area (Å²) in [5.41, 5.74) is 2.69. The van der Waals surface area contributed by atoms with Crippen molar-refractivity contribution < 1.29 is 89.7 Å². The standard InChI is InChI=1S/2C16H19O5.CH3.2W/c2*1-10-12-6-5-11(8-19-9-17)4-3-7-16(2)14(21-16)13(12)20-15(10)18;;;/h2*4,12-14H,1,3,5-8H2,2H3;1H3;;/q3*-1;;+2/b2*11-4+;;;/t2*12-,13-,14-,16+;;;/m00.../s1. The Morgan fingerprint density at radius 1 is 0.800 bits per heavy atom. The van der Waals surface area contributed by atoms with E-state index in [1.54, 1.807) is 0 Å². The minimum atomic E-state index is -0.315. The van der Waals surface area contributed by atoms with Gasteiger partial charge in [-0.05, 0) is 76.4 Å². The Morgan fingerprint density at radius 2 is 1.18 bits per heavy atom. The van der Waals surface area contributed by atoms with E-state index in [-0.39, 0.29) is 122 Å². The quantitative estimate of drug-likeness (QED) is 0.0960. The number of hydrogen-bond donors (Lipinski definition) is 0. The summed E-state index contributed by atoms with van der Waals surface area (Å²) in [6.45, 7) is 15.2. The van der Waals surface area contributed by atoms with Gasteiger partial charge in [0.1, 0.15) is 24.4 Å². The van der Waals surface area contributed by atoms with E-state index in [1.165, 1.54) is 12.9 Å². The van der Waals surface area contributed by atoms with Crippen LogP contribution in [0.15, 0.2) is 47.6 Å². The monoisotopic (exact) mass is 965 g/mol. The van der Waals surface area contributed by atoms with Crippen molar-refractivity contribution in [3.63, 3.8) is 0 Å². The number of allylic oxidation sites excluding steroid dienone is 2. The van der Waals surface area contributed by atoms with Crippen molar-refractivity contribution in [2.45, 2.75) is 101 Å². The van der Waals surface area contributed by atoms with E-state index < -0.39 is 0 Å². The van der Waals surface area contributed by atoms with E-state index in [0.29, 0.717) is 11.1 Å². The van der Waals surface area contributed by atoms with E-state index in [4.69, 9.17) is 28.4 Å². The third-order valence-corrected chi connectivity index (χ3v) is 9.51. The fourth-order valence-corrected chi connectivity index (χ4v) is 6.75. The number of epoxide rings is 2. The van der Waals surface area contributed by atoms with E-state index in [2.05, 4.69) is 39.2 Å². The smallest absolute Gasteiger partial charge is 0.650 e. The molecule has 4 saturated heterocycles. The summed E-state index contributed by atoms with van der Waals surface area (Å²) in [6.07, 6.45) is 10.1. The molecule has 2 aliphatic carbocycles. The van der Waals surface area contributed by atoms with Crippen LogP contribution in [0.4, 0.5) is 0 Å². The molecule has 12 heteroatoms. The van der Waals surface area contributed by atoms with Gasteiger partial charge in [-0.2, -0.15) is 0 Å². The molecular weight excluding hydrogens is 924 g/mol. The van der Waals surface area contributed by atoms with E-state index in [1.807, 2.05) is 0 Å². The van der Waals surface area contributed by atoms with Gasteiger partial charge in [0.15, 0.2) is 0 Å². The van der Waals surface area contributed by atoms with Crippen molar-refractivity contribution in [3.8, 4) is 0 Å². The molecule has 6 rings (SSSR count). The number of carbonyl (C=O) groups is 2. The van der Waals surface area contributed by atoms with Crippen LogP contribution in [0, 0.1) is 19.3 Å². The number of rotatable bonds is 6. The fourth-order valence-electron chi connectivity index (χ4n) is 6.75. The second-order valence-electron chi connectivity index (χ2n) is 12.3. The maximum atomic E-state index is 11.8. The fraction of sp³-hybridized carbons (Fsp3) is 0.606. The van der Waals surface area contributed by atoms with Crippen LogP contribution in [0.1, 0.15) is 65.2 Å². The molecule has 0 aromatic heterocycles. The molecule has 4 fully saturated rings. The zero-order valence-corrected chi connectivity index (χ0v) is 31.9. The predicted molar refractivity (Wildman–Crippen MR) is 154 cm³/mol. The Kier molecular flexibility index (Phi) is 14.2. The minimum Gasteiger partial charge on any atom is -0.650 e. The first-order chi connectivity index (χ1) is 20.1. The topological polar surface area (TPSA) is 130 Å². The van der Waals surface area contributed by atoms with Gasteiger partial charge in [-0.3, -0.25) is 0 Å². The van der Waals surface area contributed by atoms with Gasteiger partial charge in [0.25, 0.3) is 0 Å². The molecule has 4 aliphatic heterocycles. The van der Waals surface area contributed by atoms with Gasteiger partial charge in [-0.25, -0.2) is 9.59 Å². The molecule has 6 aliphatic rings. The molecule has 0 N–H and O–H groups in total. The number of carbonyl (C=O) groups excluding carboxylic acids is 4. The molecule has 0 aromatic rings. The first-order valence-corrected chi connectivity index (χ1v) is 14.6. The molecule has 0 saturated carbocycles. The summed E-state index contributed by atoms with van der Waals surface area (Å²) in [7, 11) is 0. The van der Waals surface area contributed by atoms with Gasteiger partial charge in [0.2, 0.25) is 0 Å². The summed E-state index contributed by atoms with van der Waals surface area (Å²) in [6, 6.07) is 0. The number of esters is 2.